The van der Waals surface area contributed by atoms with Crippen molar-refractivity contribution in [2.45, 2.75) is 6.61 Å². The standard InChI is InChI=1S/C15H11ClN4O4/c16-10-2-4-14-18-11(7-19(14)6-10)8-24-15(21)9-1-3-12(17)13(5-9)20(22)23/h1-7H,8,17H2. The first kappa shape index (κ1) is 15.8. The summed E-state index contributed by atoms with van der Waals surface area (Å²) in [5.74, 6) is -0.701. The van der Waals surface area contributed by atoms with Crippen molar-refractivity contribution in [3.05, 3.63) is 69.1 Å². The number of carbonyl (C=O) groups excluding carboxylic acids is 1. The number of benzene rings is 1. The van der Waals surface area contributed by atoms with E-state index in [4.69, 9.17) is 22.1 Å². The maximum atomic E-state index is 12.0. The number of hydrogen-bond donors (Lipinski definition) is 1. The Balaban J connectivity index is 1.74. The van der Waals surface area contributed by atoms with Crippen molar-refractivity contribution in [2.75, 3.05) is 5.73 Å². The molecule has 0 saturated carbocycles. The van der Waals surface area contributed by atoms with E-state index >= 15 is 0 Å². The molecule has 2 N–H and O–H groups in total. The first-order chi connectivity index (χ1) is 11.4. The number of nitro groups is 1. The average molecular weight is 347 g/mol. The summed E-state index contributed by atoms with van der Waals surface area (Å²) in [6.07, 6.45) is 3.36. The monoisotopic (exact) mass is 346 g/mol. The molecule has 0 aliphatic rings. The highest BCUT2D eigenvalue weighted by molar-refractivity contribution is 6.30. The van der Waals surface area contributed by atoms with E-state index in [2.05, 4.69) is 4.98 Å². The number of pyridine rings is 1. The Morgan fingerprint density at radius 1 is 1.33 bits per heavy atom. The Morgan fingerprint density at radius 3 is 2.88 bits per heavy atom. The topological polar surface area (TPSA) is 113 Å². The Morgan fingerprint density at radius 2 is 2.12 bits per heavy atom. The minimum atomic E-state index is -0.701. The highest BCUT2D eigenvalue weighted by atomic mass is 35.5. The summed E-state index contributed by atoms with van der Waals surface area (Å²) < 4.78 is 6.85. The molecule has 24 heavy (non-hydrogen) atoms. The smallest absolute Gasteiger partial charge is 0.338 e. The number of halogens is 1. The van der Waals surface area contributed by atoms with Gasteiger partial charge in [-0.2, -0.15) is 0 Å². The summed E-state index contributed by atoms with van der Waals surface area (Å²) in [6.45, 7) is -0.0731. The van der Waals surface area contributed by atoms with Gasteiger partial charge in [-0.05, 0) is 24.3 Å². The SMILES string of the molecule is Nc1ccc(C(=O)OCc2cn3cc(Cl)ccc3n2)cc1[N+](=O)[O-]. The van der Waals surface area contributed by atoms with Gasteiger partial charge in [-0.15, -0.1) is 0 Å². The molecule has 3 aromatic rings. The predicted molar refractivity (Wildman–Crippen MR) is 86.8 cm³/mol. The van der Waals surface area contributed by atoms with Crippen molar-refractivity contribution in [2.24, 2.45) is 0 Å². The predicted octanol–water partition coefficient (Wildman–Crippen LogP) is 2.84. The van der Waals surface area contributed by atoms with Crippen molar-refractivity contribution < 1.29 is 14.5 Å². The normalized spacial score (nSPS) is 10.7. The molecular weight excluding hydrogens is 336 g/mol. The van der Waals surface area contributed by atoms with Gasteiger partial charge < -0.3 is 14.9 Å². The zero-order valence-corrected chi connectivity index (χ0v) is 12.9. The molecular formula is C15H11ClN4O4. The van der Waals surface area contributed by atoms with Gasteiger partial charge in [0.2, 0.25) is 0 Å². The van der Waals surface area contributed by atoms with Crippen LogP contribution in [0.4, 0.5) is 11.4 Å². The Bertz CT molecular complexity index is 954. The van der Waals surface area contributed by atoms with Gasteiger partial charge in [-0.1, -0.05) is 11.6 Å². The van der Waals surface area contributed by atoms with E-state index in [0.29, 0.717) is 16.4 Å². The molecule has 2 aromatic heterocycles. The lowest BCUT2D eigenvalue weighted by Gasteiger charge is -2.04. The van der Waals surface area contributed by atoms with E-state index in [-0.39, 0.29) is 23.5 Å². The quantitative estimate of drug-likeness (QED) is 0.336. The minimum Gasteiger partial charge on any atom is -0.456 e. The lowest BCUT2D eigenvalue weighted by atomic mass is 10.2. The van der Waals surface area contributed by atoms with E-state index in [1.807, 2.05) is 0 Å². The van der Waals surface area contributed by atoms with Crippen LogP contribution in [0.2, 0.25) is 5.02 Å². The van der Waals surface area contributed by atoms with E-state index < -0.39 is 10.9 Å². The van der Waals surface area contributed by atoms with Crippen LogP contribution in [-0.4, -0.2) is 20.3 Å². The van der Waals surface area contributed by atoms with Crippen molar-refractivity contribution >= 4 is 34.6 Å². The first-order valence-corrected chi connectivity index (χ1v) is 7.16. The van der Waals surface area contributed by atoms with Crippen molar-refractivity contribution in [1.82, 2.24) is 9.38 Å². The number of hydrogen-bond acceptors (Lipinski definition) is 6. The number of imidazole rings is 1. The molecule has 3 rings (SSSR count). The van der Waals surface area contributed by atoms with Crippen LogP contribution in [0.5, 0.6) is 0 Å². The second-order valence-electron chi connectivity index (χ2n) is 4.95. The fraction of sp³-hybridized carbons (Fsp3) is 0.0667. The second-order valence-corrected chi connectivity index (χ2v) is 5.39. The van der Waals surface area contributed by atoms with Crippen LogP contribution in [0, 0.1) is 10.1 Å². The van der Waals surface area contributed by atoms with Gasteiger partial charge in [-0.25, -0.2) is 9.78 Å². The lowest BCUT2D eigenvalue weighted by Crippen LogP contribution is -2.07. The molecule has 1 aromatic carbocycles. The minimum absolute atomic E-state index is 0.0196. The molecule has 0 spiro atoms. The van der Waals surface area contributed by atoms with Crippen molar-refractivity contribution in [3.8, 4) is 0 Å². The summed E-state index contributed by atoms with van der Waals surface area (Å²) in [4.78, 5) is 26.5. The number of ether oxygens (including phenoxy) is 1. The highest BCUT2D eigenvalue weighted by Crippen LogP contribution is 2.23. The number of rotatable bonds is 4. The summed E-state index contributed by atoms with van der Waals surface area (Å²) >= 11 is 5.89. The van der Waals surface area contributed by atoms with E-state index in [0.717, 1.165) is 6.07 Å². The van der Waals surface area contributed by atoms with Crippen LogP contribution in [-0.2, 0) is 11.3 Å². The number of nitrogens with zero attached hydrogens (tertiary/aromatic N) is 3. The van der Waals surface area contributed by atoms with Crippen LogP contribution < -0.4 is 5.73 Å². The Kier molecular flexibility index (Phi) is 4.05. The van der Waals surface area contributed by atoms with E-state index in [1.54, 1.807) is 28.9 Å². The summed E-state index contributed by atoms with van der Waals surface area (Å²) in [5, 5.41) is 11.4. The zero-order chi connectivity index (χ0) is 17.3. The molecule has 0 atom stereocenters. The number of anilines is 1. The van der Waals surface area contributed by atoms with Crippen molar-refractivity contribution in [3.63, 3.8) is 0 Å². The summed E-state index contributed by atoms with van der Waals surface area (Å²) in [7, 11) is 0. The van der Waals surface area contributed by atoms with Crippen LogP contribution in [0.1, 0.15) is 16.1 Å². The van der Waals surface area contributed by atoms with Crippen LogP contribution in [0.25, 0.3) is 5.65 Å². The molecule has 8 nitrogen and oxygen atoms in total. The lowest BCUT2D eigenvalue weighted by molar-refractivity contribution is -0.383. The number of esters is 1. The van der Waals surface area contributed by atoms with E-state index in [9.17, 15) is 14.9 Å². The average Bonchev–Trinajstić information content (AvgIpc) is 2.94. The number of carbonyl (C=O) groups is 1. The van der Waals surface area contributed by atoms with E-state index in [1.165, 1.54) is 12.1 Å². The molecule has 0 fully saturated rings. The maximum absolute atomic E-state index is 12.0. The van der Waals surface area contributed by atoms with Gasteiger partial charge in [0.05, 0.1) is 21.2 Å². The molecule has 0 aliphatic carbocycles. The highest BCUT2D eigenvalue weighted by Gasteiger charge is 2.17. The Labute approximate surface area is 140 Å². The first-order valence-electron chi connectivity index (χ1n) is 6.78. The molecule has 0 unspecified atom stereocenters. The summed E-state index contributed by atoms with van der Waals surface area (Å²) in [5.41, 5.74) is 6.36. The molecule has 0 aliphatic heterocycles. The van der Waals surface area contributed by atoms with Gasteiger partial charge in [-0.3, -0.25) is 10.1 Å². The maximum Gasteiger partial charge on any atom is 0.338 e. The van der Waals surface area contributed by atoms with Crippen LogP contribution in [0.3, 0.4) is 0 Å². The van der Waals surface area contributed by atoms with Gasteiger partial charge in [0.15, 0.2) is 0 Å². The Hall–Kier alpha value is -3.13. The fourth-order valence-corrected chi connectivity index (χ4v) is 2.31. The molecule has 0 amide bonds. The van der Waals surface area contributed by atoms with Gasteiger partial charge in [0.25, 0.3) is 5.69 Å². The number of aromatic nitrogens is 2. The van der Waals surface area contributed by atoms with Gasteiger partial charge >= 0.3 is 5.97 Å². The molecule has 0 radical (unpaired) electrons. The molecule has 0 saturated heterocycles. The number of nitrogen functional groups attached to an aromatic ring is 1. The fourth-order valence-electron chi connectivity index (χ4n) is 2.14. The van der Waals surface area contributed by atoms with Crippen molar-refractivity contribution in [1.29, 1.82) is 0 Å². The zero-order valence-electron chi connectivity index (χ0n) is 12.2. The molecule has 9 heteroatoms. The number of fused-ring (bicyclic) bond motifs is 1. The number of nitro benzene ring substituents is 1. The third-order valence-electron chi connectivity index (χ3n) is 3.28. The van der Waals surface area contributed by atoms with Crippen LogP contribution >= 0.6 is 11.6 Å². The second kappa shape index (κ2) is 6.17. The number of nitrogens with two attached hydrogens (primary N) is 1. The molecule has 2 heterocycles. The molecule has 122 valence electrons. The third kappa shape index (κ3) is 3.13. The summed E-state index contributed by atoms with van der Waals surface area (Å²) in [6, 6.07) is 7.18. The van der Waals surface area contributed by atoms with Gasteiger partial charge in [0.1, 0.15) is 17.9 Å². The van der Waals surface area contributed by atoms with Gasteiger partial charge in [0, 0.05) is 18.5 Å². The third-order valence-corrected chi connectivity index (χ3v) is 3.50. The van der Waals surface area contributed by atoms with Crippen LogP contribution in [0.15, 0.2) is 42.7 Å². The largest absolute Gasteiger partial charge is 0.456 e. The molecule has 0 bridgehead atoms.